The Morgan fingerprint density at radius 3 is 2.58 bits per heavy atom. The van der Waals surface area contributed by atoms with E-state index >= 15 is 0 Å². The van der Waals surface area contributed by atoms with Gasteiger partial charge in [0, 0.05) is 29.7 Å². The van der Waals surface area contributed by atoms with Crippen LogP contribution in [-0.2, 0) is 9.47 Å². The van der Waals surface area contributed by atoms with Crippen molar-refractivity contribution in [3.63, 3.8) is 0 Å². The third-order valence-corrected chi connectivity index (χ3v) is 4.09. The van der Waals surface area contributed by atoms with E-state index in [0.717, 1.165) is 25.9 Å². The number of rotatable bonds is 2. The van der Waals surface area contributed by atoms with Crippen LogP contribution < -0.4 is 4.90 Å². The lowest BCUT2D eigenvalue weighted by atomic mass is 9.96. The molecule has 6 heteroatoms. The Labute approximate surface area is 120 Å². The number of anilines is 1. The molecule has 0 saturated carbocycles. The van der Waals surface area contributed by atoms with Gasteiger partial charge < -0.3 is 14.4 Å². The summed E-state index contributed by atoms with van der Waals surface area (Å²) in [4.78, 5) is 6.16. The van der Waals surface area contributed by atoms with E-state index in [0.29, 0.717) is 29.4 Å². The molecule has 0 bridgehead atoms. The van der Waals surface area contributed by atoms with E-state index in [2.05, 4.69) is 20.9 Å². The van der Waals surface area contributed by atoms with Crippen LogP contribution >= 0.6 is 15.9 Å². The third-order valence-electron chi connectivity index (χ3n) is 3.66. The van der Waals surface area contributed by atoms with Gasteiger partial charge in [-0.05, 0) is 34.8 Å². The largest absolute Gasteiger partial charge is 0.354 e. The molecule has 2 fully saturated rings. The predicted octanol–water partition coefficient (Wildman–Crippen LogP) is 2.57. The average Bonchev–Trinajstić information content (AvgIpc) is 2.93. The highest BCUT2D eigenvalue weighted by Crippen LogP contribution is 2.29. The third kappa shape index (κ3) is 2.90. The smallest absolute Gasteiger partial charge is 0.166 e. The van der Waals surface area contributed by atoms with Gasteiger partial charge >= 0.3 is 0 Å². The average molecular weight is 331 g/mol. The van der Waals surface area contributed by atoms with Crippen molar-refractivity contribution < 1.29 is 13.9 Å². The minimum atomic E-state index is -0.277. The first-order chi connectivity index (χ1) is 9.24. The van der Waals surface area contributed by atoms with Crippen molar-refractivity contribution in [1.29, 1.82) is 0 Å². The predicted molar refractivity (Wildman–Crippen MR) is 72.5 cm³/mol. The molecule has 0 atom stereocenters. The maximum Gasteiger partial charge on any atom is 0.166 e. The van der Waals surface area contributed by atoms with Gasteiger partial charge in [0.2, 0.25) is 0 Å². The van der Waals surface area contributed by atoms with Crippen molar-refractivity contribution in [3.05, 3.63) is 22.6 Å². The fourth-order valence-electron chi connectivity index (χ4n) is 2.67. The lowest BCUT2D eigenvalue weighted by molar-refractivity contribution is -0.0889. The van der Waals surface area contributed by atoms with Crippen molar-refractivity contribution in [2.75, 3.05) is 31.2 Å². The zero-order chi connectivity index (χ0) is 13.2. The maximum atomic E-state index is 13.8. The summed E-state index contributed by atoms with van der Waals surface area (Å²) < 4.78 is 25.6. The summed E-state index contributed by atoms with van der Waals surface area (Å²) in [5.74, 6) is 0.577. The molecule has 0 aromatic carbocycles. The first kappa shape index (κ1) is 13.3. The van der Waals surface area contributed by atoms with Crippen LogP contribution in [0.15, 0.2) is 16.7 Å². The number of nitrogens with zero attached hydrogens (tertiary/aromatic N) is 2. The molecule has 0 spiro atoms. The summed E-state index contributed by atoms with van der Waals surface area (Å²) in [5, 5.41) is 0. The fourth-order valence-corrected chi connectivity index (χ4v) is 2.98. The van der Waals surface area contributed by atoms with Gasteiger partial charge in [0.05, 0.1) is 13.2 Å². The molecular formula is C13H16BrFN2O2. The van der Waals surface area contributed by atoms with Crippen LogP contribution in [0.1, 0.15) is 12.8 Å². The molecule has 0 aliphatic carbocycles. The molecule has 0 amide bonds. The molecular weight excluding hydrogens is 315 g/mol. The summed E-state index contributed by atoms with van der Waals surface area (Å²) >= 11 is 3.22. The molecule has 0 unspecified atom stereocenters. The molecule has 0 N–H and O–H groups in total. The van der Waals surface area contributed by atoms with E-state index < -0.39 is 0 Å². The van der Waals surface area contributed by atoms with Gasteiger partial charge in [-0.2, -0.15) is 0 Å². The number of halogens is 2. The lowest BCUT2D eigenvalue weighted by Gasteiger charge is -2.34. The van der Waals surface area contributed by atoms with E-state index in [-0.39, 0.29) is 12.1 Å². The van der Waals surface area contributed by atoms with Gasteiger partial charge in [-0.3, -0.25) is 0 Å². The Morgan fingerprint density at radius 1 is 1.26 bits per heavy atom. The first-order valence-corrected chi connectivity index (χ1v) is 7.32. The zero-order valence-electron chi connectivity index (χ0n) is 10.5. The van der Waals surface area contributed by atoms with Crippen LogP contribution in [0.4, 0.5) is 10.2 Å². The highest BCUT2D eigenvalue weighted by atomic mass is 79.9. The number of aromatic nitrogens is 1. The topological polar surface area (TPSA) is 34.6 Å². The van der Waals surface area contributed by atoms with Crippen LogP contribution in [0, 0.1) is 11.7 Å². The van der Waals surface area contributed by atoms with Crippen LogP contribution in [-0.4, -0.2) is 37.6 Å². The van der Waals surface area contributed by atoms with Crippen LogP contribution in [0.25, 0.3) is 0 Å². The Bertz CT molecular complexity index is 446. The lowest BCUT2D eigenvalue weighted by Crippen LogP contribution is -2.39. The summed E-state index contributed by atoms with van der Waals surface area (Å²) in [6.45, 7) is 2.96. The quantitative estimate of drug-likeness (QED) is 0.834. The Balaban J connectivity index is 1.63. The number of ether oxygens (including phenoxy) is 2. The highest BCUT2D eigenvalue weighted by molar-refractivity contribution is 9.10. The maximum absolute atomic E-state index is 13.8. The van der Waals surface area contributed by atoms with E-state index in [1.165, 1.54) is 6.07 Å². The number of piperidine rings is 1. The standard InChI is InChI=1S/C13H16BrFN2O2/c14-10-7-11(15)12(16-8-10)17-3-1-9(2-4-17)13-18-5-6-19-13/h7-9,13H,1-6H2. The molecule has 2 aliphatic rings. The summed E-state index contributed by atoms with van der Waals surface area (Å²) in [5.41, 5.74) is 0. The monoisotopic (exact) mass is 330 g/mol. The van der Waals surface area contributed by atoms with Gasteiger partial charge in [0.15, 0.2) is 17.9 Å². The van der Waals surface area contributed by atoms with Crippen molar-refractivity contribution in [2.45, 2.75) is 19.1 Å². The van der Waals surface area contributed by atoms with E-state index in [4.69, 9.17) is 9.47 Å². The Kier molecular flexibility index (Phi) is 4.00. The van der Waals surface area contributed by atoms with Gasteiger partial charge in [0.25, 0.3) is 0 Å². The molecule has 4 nitrogen and oxygen atoms in total. The number of hydrogen-bond acceptors (Lipinski definition) is 4. The Hall–Kier alpha value is -0.720. The summed E-state index contributed by atoms with van der Waals surface area (Å²) in [6.07, 6.45) is 3.46. The van der Waals surface area contributed by atoms with E-state index in [9.17, 15) is 4.39 Å². The fraction of sp³-hybridized carbons (Fsp3) is 0.615. The second-order valence-corrected chi connectivity index (χ2v) is 5.81. The molecule has 2 saturated heterocycles. The SMILES string of the molecule is Fc1cc(Br)cnc1N1CCC(C2OCCO2)CC1. The molecule has 1 aromatic rings. The van der Waals surface area contributed by atoms with Crippen LogP contribution in [0.2, 0.25) is 0 Å². The van der Waals surface area contributed by atoms with Crippen molar-refractivity contribution in [1.82, 2.24) is 4.98 Å². The second-order valence-electron chi connectivity index (χ2n) is 4.89. The summed E-state index contributed by atoms with van der Waals surface area (Å²) in [7, 11) is 0. The zero-order valence-corrected chi connectivity index (χ0v) is 12.1. The molecule has 3 heterocycles. The molecule has 19 heavy (non-hydrogen) atoms. The van der Waals surface area contributed by atoms with Crippen molar-refractivity contribution >= 4 is 21.7 Å². The highest BCUT2D eigenvalue weighted by Gasteiger charge is 2.31. The first-order valence-electron chi connectivity index (χ1n) is 6.53. The molecule has 2 aliphatic heterocycles. The van der Waals surface area contributed by atoms with Gasteiger partial charge in [-0.1, -0.05) is 0 Å². The minimum Gasteiger partial charge on any atom is -0.354 e. The number of pyridine rings is 1. The van der Waals surface area contributed by atoms with Gasteiger partial charge in [-0.25, -0.2) is 9.37 Å². The molecule has 0 radical (unpaired) electrons. The van der Waals surface area contributed by atoms with Crippen LogP contribution in [0.5, 0.6) is 0 Å². The summed E-state index contributed by atoms with van der Waals surface area (Å²) in [6, 6.07) is 1.46. The van der Waals surface area contributed by atoms with E-state index in [1.54, 1.807) is 6.20 Å². The van der Waals surface area contributed by atoms with Crippen LogP contribution in [0.3, 0.4) is 0 Å². The van der Waals surface area contributed by atoms with Crippen molar-refractivity contribution in [2.24, 2.45) is 5.92 Å². The minimum absolute atomic E-state index is 0.0649. The molecule has 1 aromatic heterocycles. The molecule has 104 valence electrons. The Morgan fingerprint density at radius 2 is 1.95 bits per heavy atom. The van der Waals surface area contributed by atoms with E-state index in [1.807, 2.05) is 4.90 Å². The molecule has 3 rings (SSSR count). The van der Waals surface area contributed by atoms with Gasteiger partial charge in [0.1, 0.15) is 0 Å². The van der Waals surface area contributed by atoms with Gasteiger partial charge in [-0.15, -0.1) is 0 Å². The normalized spacial score (nSPS) is 22.1. The van der Waals surface area contributed by atoms with Crippen molar-refractivity contribution in [3.8, 4) is 0 Å². The number of hydrogen-bond donors (Lipinski definition) is 0. The second kappa shape index (κ2) is 5.73.